The molecule has 2 N–H and O–H groups in total. The monoisotopic (exact) mass is 541 g/mol. The largest absolute Gasteiger partial charge is 0.493 e. The van der Waals surface area contributed by atoms with Crippen LogP contribution in [0.2, 0.25) is 0 Å². The van der Waals surface area contributed by atoms with Crippen LogP contribution in [0.4, 0.5) is 0 Å². The Balaban J connectivity index is 0.00000338. The van der Waals surface area contributed by atoms with Gasteiger partial charge < -0.3 is 24.8 Å². The standard InChI is InChI=1S/C18H28BrN3O3.HI/c1-20-18(21-7-4-8-25-12-13-5-6-13)22-11-14-9-15(19)17(24-3)16(10-14)23-2;/h9-10,13H,4-8,11-12H2,1-3H3,(H2,20,21,22);1H. The molecule has 0 saturated heterocycles. The second kappa shape index (κ2) is 12.6. The Labute approximate surface area is 181 Å². The Morgan fingerprint density at radius 2 is 2.00 bits per heavy atom. The topological polar surface area (TPSA) is 64.1 Å². The minimum absolute atomic E-state index is 0. The highest BCUT2D eigenvalue weighted by molar-refractivity contribution is 14.0. The fourth-order valence-electron chi connectivity index (χ4n) is 2.40. The summed E-state index contributed by atoms with van der Waals surface area (Å²) < 4.78 is 17.2. The number of benzene rings is 1. The van der Waals surface area contributed by atoms with Crippen molar-refractivity contribution in [1.82, 2.24) is 10.6 Å². The average molecular weight is 542 g/mol. The van der Waals surface area contributed by atoms with Crippen LogP contribution in [0.5, 0.6) is 11.5 Å². The van der Waals surface area contributed by atoms with Crippen molar-refractivity contribution in [3.63, 3.8) is 0 Å². The third-order valence-corrected chi connectivity index (χ3v) is 4.57. The van der Waals surface area contributed by atoms with E-state index in [4.69, 9.17) is 14.2 Å². The average Bonchev–Trinajstić information content (AvgIpc) is 3.44. The number of rotatable bonds is 10. The summed E-state index contributed by atoms with van der Waals surface area (Å²) in [5.41, 5.74) is 1.07. The van der Waals surface area contributed by atoms with E-state index in [1.54, 1.807) is 21.3 Å². The molecule has 1 aromatic carbocycles. The molecule has 26 heavy (non-hydrogen) atoms. The third-order valence-electron chi connectivity index (χ3n) is 3.99. The van der Waals surface area contributed by atoms with Crippen molar-refractivity contribution in [1.29, 1.82) is 0 Å². The van der Waals surface area contributed by atoms with Gasteiger partial charge in [-0.3, -0.25) is 4.99 Å². The van der Waals surface area contributed by atoms with Crippen LogP contribution in [0.25, 0.3) is 0 Å². The molecule has 1 aliphatic carbocycles. The lowest BCUT2D eigenvalue weighted by atomic mass is 10.2. The van der Waals surface area contributed by atoms with Crippen molar-refractivity contribution >= 4 is 45.9 Å². The number of nitrogens with one attached hydrogen (secondary N) is 2. The molecule has 8 heteroatoms. The molecule has 1 saturated carbocycles. The zero-order valence-electron chi connectivity index (χ0n) is 15.6. The molecule has 1 fully saturated rings. The number of aliphatic imine (C=N–C) groups is 1. The SMILES string of the molecule is CN=C(NCCCOCC1CC1)NCc1cc(Br)c(OC)c(OC)c1.I. The van der Waals surface area contributed by atoms with Crippen LogP contribution >= 0.6 is 39.9 Å². The second-order valence-corrected chi connectivity index (χ2v) is 6.89. The maximum Gasteiger partial charge on any atom is 0.191 e. The van der Waals surface area contributed by atoms with Gasteiger partial charge in [0.2, 0.25) is 0 Å². The van der Waals surface area contributed by atoms with Crippen LogP contribution in [-0.4, -0.2) is 47.0 Å². The zero-order chi connectivity index (χ0) is 18.1. The van der Waals surface area contributed by atoms with Gasteiger partial charge in [0.25, 0.3) is 0 Å². The highest BCUT2D eigenvalue weighted by Gasteiger charge is 2.20. The van der Waals surface area contributed by atoms with Gasteiger partial charge >= 0.3 is 0 Å². The predicted octanol–water partition coefficient (Wildman–Crippen LogP) is 3.57. The maximum absolute atomic E-state index is 5.63. The molecule has 0 bridgehead atoms. The molecule has 0 spiro atoms. The molecule has 0 atom stereocenters. The summed E-state index contributed by atoms with van der Waals surface area (Å²) in [6.07, 6.45) is 3.64. The molecular weight excluding hydrogens is 513 g/mol. The van der Waals surface area contributed by atoms with E-state index in [9.17, 15) is 0 Å². The highest BCUT2D eigenvalue weighted by atomic mass is 127. The predicted molar refractivity (Wildman–Crippen MR) is 119 cm³/mol. The minimum atomic E-state index is 0. The molecule has 0 radical (unpaired) electrons. The van der Waals surface area contributed by atoms with Gasteiger partial charge in [0.1, 0.15) is 0 Å². The first kappa shape index (κ1) is 23.3. The normalized spacial score (nSPS) is 13.8. The van der Waals surface area contributed by atoms with E-state index in [-0.39, 0.29) is 24.0 Å². The summed E-state index contributed by atoms with van der Waals surface area (Å²) in [6, 6.07) is 3.96. The van der Waals surface area contributed by atoms with E-state index >= 15 is 0 Å². The number of halogens is 2. The Bertz CT molecular complexity index is 583. The molecule has 0 unspecified atom stereocenters. The van der Waals surface area contributed by atoms with Crippen molar-refractivity contribution in [2.24, 2.45) is 10.9 Å². The van der Waals surface area contributed by atoms with E-state index in [0.29, 0.717) is 18.0 Å². The van der Waals surface area contributed by atoms with Crippen LogP contribution in [0.3, 0.4) is 0 Å². The first-order valence-corrected chi connectivity index (χ1v) is 9.40. The summed E-state index contributed by atoms with van der Waals surface area (Å²) >= 11 is 3.51. The van der Waals surface area contributed by atoms with Crippen molar-refractivity contribution in [2.45, 2.75) is 25.8 Å². The number of hydrogen-bond donors (Lipinski definition) is 2. The van der Waals surface area contributed by atoms with E-state index < -0.39 is 0 Å². The Hall–Kier alpha value is -0.740. The van der Waals surface area contributed by atoms with E-state index in [0.717, 1.165) is 48.1 Å². The van der Waals surface area contributed by atoms with Gasteiger partial charge in [0.15, 0.2) is 17.5 Å². The number of nitrogens with zero attached hydrogens (tertiary/aromatic N) is 1. The van der Waals surface area contributed by atoms with Gasteiger partial charge in [-0.1, -0.05) is 0 Å². The molecule has 6 nitrogen and oxygen atoms in total. The minimum Gasteiger partial charge on any atom is -0.493 e. The van der Waals surface area contributed by atoms with Crippen molar-refractivity contribution in [2.75, 3.05) is 41.0 Å². The number of ether oxygens (including phenoxy) is 3. The van der Waals surface area contributed by atoms with Crippen LogP contribution in [0.1, 0.15) is 24.8 Å². The maximum atomic E-state index is 5.63. The summed E-state index contributed by atoms with van der Waals surface area (Å²) in [5, 5.41) is 6.60. The zero-order valence-corrected chi connectivity index (χ0v) is 19.6. The van der Waals surface area contributed by atoms with E-state index in [1.165, 1.54) is 12.8 Å². The van der Waals surface area contributed by atoms with Crippen LogP contribution in [-0.2, 0) is 11.3 Å². The lowest BCUT2D eigenvalue weighted by Crippen LogP contribution is -2.37. The van der Waals surface area contributed by atoms with Crippen molar-refractivity contribution < 1.29 is 14.2 Å². The Morgan fingerprint density at radius 1 is 1.23 bits per heavy atom. The third kappa shape index (κ3) is 7.87. The van der Waals surface area contributed by atoms with Gasteiger partial charge in [-0.15, -0.1) is 24.0 Å². The van der Waals surface area contributed by atoms with Crippen molar-refractivity contribution in [3.05, 3.63) is 22.2 Å². The van der Waals surface area contributed by atoms with Gasteiger partial charge in [-0.2, -0.15) is 0 Å². The molecule has 0 amide bonds. The van der Waals surface area contributed by atoms with Crippen LogP contribution in [0, 0.1) is 5.92 Å². The molecule has 1 aliphatic rings. The number of guanidine groups is 1. The molecular formula is C18H29BrIN3O3. The van der Waals surface area contributed by atoms with E-state index in [2.05, 4.69) is 31.6 Å². The molecule has 2 rings (SSSR count). The second-order valence-electron chi connectivity index (χ2n) is 6.04. The van der Waals surface area contributed by atoms with Crippen LogP contribution < -0.4 is 20.1 Å². The lowest BCUT2D eigenvalue weighted by Gasteiger charge is -2.14. The smallest absolute Gasteiger partial charge is 0.191 e. The number of methoxy groups -OCH3 is 2. The fourth-order valence-corrected chi connectivity index (χ4v) is 3.05. The van der Waals surface area contributed by atoms with Gasteiger partial charge in [-0.25, -0.2) is 0 Å². The van der Waals surface area contributed by atoms with Gasteiger partial charge in [0.05, 0.1) is 18.7 Å². The summed E-state index contributed by atoms with van der Waals surface area (Å²) in [4.78, 5) is 4.24. The molecule has 0 heterocycles. The Morgan fingerprint density at radius 3 is 2.62 bits per heavy atom. The summed E-state index contributed by atoms with van der Waals surface area (Å²) in [7, 11) is 5.03. The molecule has 148 valence electrons. The quantitative estimate of drug-likeness (QED) is 0.205. The first-order valence-electron chi connectivity index (χ1n) is 8.60. The molecule has 0 aromatic heterocycles. The van der Waals surface area contributed by atoms with Crippen molar-refractivity contribution in [3.8, 4) is 11.5 Å². The first-order chi connectivity index (χ1) is 12.2. The van der Waals surface area contributed by atoms with E-state index in [1.807, 2.05) is 12.1 Å². The summed E-state index contributed by atoms with van der Waals surface area (Å²) in [5.74, 6) is 2.99. The summed E-state index contributed by atoms with van der Waals surface area (Å²) in [6.45, 7) is 3.18. The fraction of sp³-hybridized carbons (Fsp3) is 0.611. The lowest BCUT2D eigenvalue weighted by molar-refractivity contribution is 0.123. The highest BCUT2D eigenvalue weighted by Crippen LogP contribution is 2.36. The molecule has 1 aromatic rings. The van der Waals surface area contributed by atoms with Crippen LogP contribution in [0.15, 0.2) is 21.6 Å². The van der Waals surface area contributed by atoms with Gasteiger partial charge in [-0.05, 0) is 58.8 Å². The Kier molecular flexibility index (Phi) is 11.3. The number of hydrogen-bond acceptors (Lipinski definition) is 4. The molecule has 0 aliphatic heterocycles. The van der Waals surface area contributed by atoms with Gasteiger partial charge in [0, 0.05) is 33.4 Å².